The highest BCUT2D eigenvalue weighted by Crippen LogP contribution is 2.32. The highest BCUT2D eigenvalue weighted by molar-refractivity contribution is 5.97. The van der Waals surface area contributed by atoms with Crippen LogP contribution in [-0.2, 0) is 13.1 Å². The molecule has 8 nitrogen and oxygen atoms in total. The molecule has 0 spiro atoms. The molecule has 0 unspecified atom stereocenters. The zero-order valence-corrected chi connectivity index (χ0v) is 21.0. The van der Waals surface area contributed by atoms with Crippen molar-refractivity contribution in [3.05, 3.63) is 115 Å². The largest absolute Gasteiger partial charge is 0.321 e. The maximum Gasteiger partial charge on any atom is 0.160 e. The lowest BCUT2D eigenvalue weighted by atomic mass is 10.0. The van der Waals surface area contributed by atoms with Gasteiger partial charge in [-0.05, 0) is 47.0 Å². The average molecular weight is 509 g/mol. The summed E-state index contributed by atoms with van der Waals surface area (Å²) in [6, 6.07) is 24.7. The molecule has 5 aromatic heterocycles. The third kappa shape index (κ3) is 4.54. The van der Waals surface area contributed by atoms with Crippen molar-refractivity contribution < 1.29 is 0 Å². The molecule has 0 atom stereocenters. The Labute approximate surface area is 224 Å². The molecule has 3 N–H and O–H groups in total. The van der Waals surface area contributed by atoms with E-state index in [0.717, 1.165) is 63.0 Å². The molecule has 0 fully saturated rings. The minimum Gasteiger partial charge on any atom is -0.321 e. The summed E-state index contributed by atoms with van der Waals surface area (Å²) in [4.78, 5) is 21.5. The molecular formula is C31H24N8. The molecule has 0 saturated carbocycles. The fraction of sp³-hybridized carbons (Fsp3) is 0.0645. The van der Waals surface area contributed by atoms with Gasteiger partial charge in [0.1, 0.15) is 11.2 Å². The maximum atomic E-state index is 4.91. The van der Waals surface area contributed by atoms with Gasteiger partial charge in [0.05, 0.1) is 5.52 Å². The molecule has 7 rings (SSSR count). The van der Waals surface area contributed by atoms with Gasteiger partial charge in [0, 0.05) is 66.2 Å². The molecule has 39 heavy (non-hydrogen) atoms. The number of aromatic amines is 2. The number of pyridine rings is 3. The number of rotatable bonds is 7. The Morgan fingerprint density at radius 1 is 0.718 bits per heavy atom. The van der Waals surface area contributed by atoms with Crippen LogP contribution in [0.3, 0.4) is 0 Å². The molecule has 0 radical (unpaired) electrons. The number of hydrogen-bond acceptors (Lipinski definition) is 6. The number of H-pyrrole nitrogens is 2. The molecular weight excluding hydrogens is 484 g/mol. The Kier molecular flexibility index (Phi) is 5.84. The maximum absolute atomic E-state index is 4.91. The summed E-state index contributed by atoms with van der Waals surface area (Å²) in [6.07, 6.45) is 9.18. The van der Waals surface area contributed by atoms with Gasteiger partial charge < -0.3 is 10.3 Å². The smallest absolute Gasteiger partial charge is 0.160 e. The number of imidazole rings is 1. The molecule has 0 aliphatic rings. The molecule has 0 aliphatic heterocycles. The second-order valence-corrected chi connectivity index (χ2v) is 9.39. The lowest BCUT2D eigenvalue weighted by Gasteiger charge is -2.07. The van der Waals surface area contributed by atoms with Crippen molar-refractivity contribution in [3.63, 3.8) is 0 Å². The van der Waals surface area contributed by atoms with Crippen LogP contribution in [0.25, 0.3) is 55.8 Å². The van der Waals surface area contributed by atoms with E-state index in [1.807, 2.05) is 48.9 Å². The van der Waals surface area contributed by atoms with E-state index in [1.165, 1.54) is 5.56 Å². The summed E-state index contributed by atoms with van der Waals surface area (Å²) in [5.74, 6) is 0.661. The van der Waals surface area contributed by atoms with Crippen LogP contribution in [0.1, 0.15) is 11.1 Å². The summed E-state index contributed by atoms with van der Waals surface area (Å²) >= 11 is 0. The van der Waals surface area contributed by atoms with Crippen molar-refractivity contribution in [3.8, 4) is 33.8 Å². The van der Waals surface area contributed by atoms with E-state index < -0.39 is 0 Å². The van der Waals surface area contributed by atoms with Gasteiger partial charge in [-0.2, -0.15) is 5.10 Å². The van der Waals surface area contributed by atoms with E-state index in [2.05, 4.69) is 77.9 Å². The topological polar surface area (TPSA) is 108 Å². The number of nitrogens with zero attached hydrogens (tertiary/aromatic N) is 5. The van der Waals surface area contributed by atoms with Crippen LogP contribution in [0.5, 0.6) is 0 Å². The average Bonchev–Trinajstić information content (AvgIpc) is 3.62. The zero-order chi connectivity index (χ0) is 26.0. The second-order valence-electron chi connectivity index (χ2n) is 9.39. The zero-order valence-electron chi connectivity index (χ0n) is 21.0. The van der Waals surface area contributed by atoms with Gasteiger partial charge in [0.25, 0.3) is 0 Å². The Morgan fingerprint density at radius 2 is 1.62 bits per heavy atom. The van der Waals surface area contributed by atoms with Crippen molar-refractivity contribution in [1.29, 1.82) is 0 Å². The van der Waals surface area contributed by atoms with E-state index in [9.17, 15) is 0 Å². The predicted molar refractivity (Wildman–Crippen MR) is 152 cm³/mol. The number of aromatic nitrogens is 7. The molecule has 2 aromatic carbocycles. The SMILES string of the molecule is c1ccc(CNCc2cncc(-c3ccc4[nH]nc(-c5nc6c(-c7cccnc7)ccnc6[nH]5)c4c3)c2)cc1. The Hall–Kier alpha value is -5.21. The summed E-state index contributed by atoms with van der Waals surface area (Å²) in [6.45, 7) is 1.55. The van der Waals surface area contributed by atoms with E-state index in [4.69, 9.17) is 4.98 Å². The number of hydrogen-bond donors (Lipinski definition) is 3. The number of fused-ring (bicyclic) bond motifs is 2. The third-order valence-corrected chi connectivity index (χ3v) is 6.77. The predicted octanol–water partition coefficient (Wildman–Crippen LogP) is 5.92. The van der Waals surface area contributed by atoms with Gasteiger partial charge >= 0.3 is 0 Å². The molecule has 0 amide bonds. The Balaban J connectivity index is 1.20. The van der Waals surface area contributed by atoms with E-state index >= 15 is 0 Å². The molecule has 7 aromatic rings. The normalized spacial score (nSPS) is 11.4. The molecule has 188 valence electrons. The van der Waals surface area contributed by atoms with Crippen LogP contribution in [0, 0.1) is 0 Å². The minimum atomic E-state index is 0.661. The Bertz CT molecular complexity index is 1890. The molecule has 0 bridgehead atoms. The minimum absolute atomic E-state index is 0.661. The standard InChI is InChI=1S/C31H24N8/c1-2-5-20(6-3-1)15-33-16-21-13-24(19-34-17-21)22-8-9-27-26(14-22)29(39-38-27)31-36-28-25(10-12-35-30(28)37-31)23-7-4-11-32-18-23/h1-14,17-19,33H,15-16H2,(H,38,39)(H,35,36,37). The highest BCUT2D eigenvalue weighted by Gasteiger charge is 2.16. The molecule has 0 saturated heterocycles. The van der Waals surface area contributed by atoms with E-state index in [1.54, 1.807) is 12.4 Å². The molecule has 0 aliphatic carbocycles. The molecule has 5 heterocycles. The third-order valence-electron chi connectivity index (χ3n) is 6.77. The lowest BCUT2D eigenvalue weighted by Crippen LogP contribution is -2.12. The van der Waals surface area contributed by atoms with Crippen molar-refractivity contribution in [2.45, 2.75) is 13.1 Å². The van der Waals surface area contributed by atoms with Crippen LogP contribution in [0.15, 0.2) is 104 Å². The first-order valence-corrected chi connectivity index (χ1v) is 12.7. The fourth-order valence-corrected chi connectivity index (χ4v) is 4.84. The quantitative estimate of drug-likeness (QED) is 0.247. The highest BCUT2D eigenvalue weighted by atomic mass is 15.1. The molecule has 8 heteroatoms. The van der Waals surface area contributed by atoms with Crippen molar-refractivity contribution >= 4 is 22.1 Å². The van der Waals surface area contributed by atoms with Crippen LogP contribution >= 0.6 is 0 Å². The lowest BCUT2D eigenvalue weighted by molar-refractivity contribution is 0.691. The van der Waals surface area contributed by atoms with Crippen LogP contribution in [0.2, 0.25) is 0 Å². The van der Waals surface area contributed by atoms with Gasteiger partial charge in [-0.15, -0.1) is 0 Å². The van der Waals surface area contributed by atoms with Crippen LogP contribution in [0.4, 0.5) is 0 Å². The Morgan fingerprint density at radius 3 is 2.51 bits per heavy atom. The summed E-state index contributed by atoms with van der Waals surface area (Å²) in [5.41, 5.74) is 9.63. The first-order chi connectivity index (χ1) is 19.3. The van der Waals surface area contributed by atoms with Crippen molar-refractivity contribution in [2.75, 3.05) is 0 Å². The van der Waals surface area contributed by atoms with E-state index in [-0.39, 0.29) is 0 Å². The first kappa shape index (κ1) is 22.9. The van der Waals surface area contributed by atoms with Gasteiger partial charge in [-0.1, -0.05) is 42.5 Å². The van der Waals surface area contributed by atoms with Gasteiger partial charge in [-0.25, -0.2) is 9.97 Å². The summed E-state index contributed by atoms with van der Waals surface area (Å²) in [5, 5.41) is 12.2. The van der Waals surface area contributed by atoms with Gasteiger partial charge in [0.2, 0.25) is 0 Å². The van der Waals surface area contributed by atoms with Crippen molar-refractivity contribution in [2.24, 2.45) is 0 Å². The number of nitrogens with one attached hydrogen (secondary N) is 3. The van der Waals surface area contributed by atoms with Crippen LogP contribution < -0.4 is 5.32 Å². The van der Waals surface area contributed by atoms with Crippen LogP contribution in [-0.4, -0.2) is 35.1 Å². The second kappa shape index (κ2) is 9.92. The van der Waals surface area contributed by atoms with Gasteiger partial charge in [-0.3, -0.25) is 15.1 Å². The monoisotopic (exact) mass is 508 g/mol. The van der Waals surface area contributed by atoms with Crippen molar-refractivity contribution in [1.82, 2.24) is 40.4 Å². The number of benzene rings is 2. The summed E-state index contributed by atoms with van der Waals surface area (Å²) in [7, 11) is 0. The fourth-order valence-electron chi connectivity index (χ4n) is 4.84. The van der Waals surface area contributed by atoms with Gasteiger partial charge in [0.15, 0.2) is 11.5 Å². The van der Waals surface area contributed by atoms with E-state index in [0.29, 0.717) is 11.5 Å². The first-order valence-electron chi connectivity index (χ1n) is 12.7. The summed E-state index contributed by atoms with van der Waals surface area (Å²) < 4.78 is 0.